The van der Waals surface area contributed by atoms with Gasteiger partial charge in [-0.1, -0.05) is 24.3 Å². The summed E-state index contributed by atoms with van der Waals surface area (Å²) in [6.07, 6.45) is 0.659. The van der Waals surface area contributed by atoms with Gasteiger partial charge in [0.25, 0.3) is 0 Å². The van der Waals surface area contributed by atoms with Crippen LogP contribution in [0.4, 0.5) is 10.1 Å². The van der Waals surface area contributed by atoms with Crippen molar-refractivity contribution in [2.45, 2.75) is 23.0 Å². The summed E-state index contributed by atoms with van der Waals surface area (Å²) in [5.41, 5.74) is 0.782. The largest absolute Gasteiger partial charge is 0.490 e. The lowest BCUT2D eigenvalue weighted by Gasteiger charge is -2.23. The Hall–Kier alpha value is -2.54. The molecule has 1 aliphatic heterocycles. The maximum atomic E-state index is 13.4. The molecule has 5 nitrogen and oxygen atoms in total. The summed E-state index contributed by atoms with van der Waals surface area (Å²) in [4.78, 5) is 25.1. The third-order valence-corrected chi connectivity index (χ3v) is 5.09. The van der Waals surface area contributed by atoms with Crippen molar-refractivity contribution in [3.63, 3.8) is 0 Å². The number of fused-ring (bicyclic) bond motifs is 1. The number of anilines is 1. The molecule has 3 rings (SSSR count). The first-order valence-corrected chi connectivity index (χ1v) is 9.22. The minimum absolute atomic E-state index is 0.110. The predicted octanol–water partition coefficient (Wildman–Crippen LogP) is 3.21. The number of para-hydroxylation sites is 2. The van der Waals surface area contributed by atoms with Crippen molar-refractivity contribution >= 4 is 29.3 Å². The fourth-order valence-electron chi connectivity index (χ4n) is 2.51. The Bertz CT molecular complexity index is 800. The summed E-state index contributed by atoms with van der Waals surface area (Å²) >= 11 is 1.40. The second kappa shape index (κ2) is 8.71. The molecule has 1 unspecified atom stereocenters. The summed E-state index contributed by atoms with van der Waals surface area (Å²) in [6.45, 7) is 0.704. The van der Waals surface area contributed by atoms with E-state index in [2.05, 4.69) is 10.6 Å². The lowest BCUT2D eigenvalue weighted by Crippen LogP contribution is -2.35. The van der Waals surface area contributed by atoms with Crippen molar-refractivity contribution in [1.29, 1.82) is 0 Å². The highest BCUT2D eigenvalue weighted by Gasteiger charge is 2.28. The number of thioether (sulfide) groups is 1. The molecule has 136 valence electrons. The summed E-state index contributed by atoms with van der Waals surface area (Å²) in [6, 6.07) is 13.7. The van der Waals surface area contributed by atoms with Crippen LogP contribution in [0.1, 0.15) is 12.8 Å². The zero-order valence-corrected chi connectivity index (χ0v) is 14.9. The van der Waals surface area contributed by atoms with Gasteiger partial charge in [-0.05, 0) is 30.7 Å². The minimum atomic E-state index is -0.445. The summed E-state index contributed by atoms with van der Waals surface area (Å²) in [5.74, 6) is -0.556. The van der Waals surface area contributed by atoms with Gasteiger partial charge in [0.05, 0.1) is 17.5 Å². The number of halogens is 1. The molecule has 0 aliphatic carbocycles. The molecule has 1 heterocycles. The van der Waals surface area contributed by atoms with Crippen LogP contribution in [0.3, 0.4) is 0 Å². The molecule has 0 fully saturated rings. The lowest BCUT2D eigenvalue weighted by molar-refractivity contribution is -0.124. The number of carbonyl (C=O) groups excluding carboxylic acids is 2. The maximum absolute atomic E-state index is 13.4. The van der Waals surface area contributed by atoms with E-state index in [1.165, 1.54) is 17.8 Å². The van der Waals surface area contributed by atoms with Crippen LogP contribution in [0.5, 0.6) is 5.75 Å². The van der Waals surface area contributed by atoms with Crippen molar-refractivity contribution in [1.82, 2.24) is 5.32 Å². The van der Waals surface area contributed by atoms with Crippen LogP contribution in [0.25, 0.3) is 0 Å². The van der Waals surface area contributed by atoms with Gasteiger partial charge in [-0.15, -0.1) is 11.8 Å². The Morgan fingerprint density at radius 1 is 1.19 bits per heavy atom. The normalized spacial score (nSPS) is 15.7. The Kier molecular flexibility index (Phi) is 6.12. The predicted molar refractivity (Wildman–Crippen MR) is 98.9 cm³/mol. The molecule has 0 bridgehead atoms. The molecule has 1 aliphatic rings. The first-order valence-electron chi connectivity index (χ1n) is 8.34. The molecule has 2 aromatic rings. The number of ether oxygens (including phenoxy) is 1. The number of hydrogen-bond acceptors (Lipinski definition) is 4. The van der Waals surface area contributed by atoms with E-state index in [9.17, 15) is 14.0 Å². The molecule has 0 spiro atoms. The highest BCUT2D eigenvalue weighted by molar-refractivity contribution is 8.01. The molecule has 0 radical (unpaired) electrons. The highest BCUT2D eigenvalue weighted by atomic mass is 32.2. The number of carbonyl (C=O) groups is 2. The minimum Gasteiger partial charge on any atom is -0.490 e. The second-order valence-electron chi connectivity index (χ2n) is 5.78. The lowest BCUT2D eigenvalue weighted by atomic mass is 10.2. The average molecular weight is 374 g/mol. The maximum Gasteiger partial charge on any atom is 0.238 e. The number of benzene rings is 2. The smallest absolute Gasteiger partial charge is 0.238 e. The van der Waals surface area contributed by atoms with Gasteiger partial charge in [-0.2, -0.15) is 0 Å². The van der Waals surface area contributed by atoms with Gasteiger partial charge in [-0.3, -0.25) is 9.59 Å². The fourth-order valence-corrected chi connectivity index (χ4v) is 3.62. The van der Waals surface area contributed by atoms with E-state index in [1.807, 2.05) is 24.3 Å². The van der Waals surface area contributed by atoms with Crippen LogP contribution in [0.15, 0.2) is 53.4 Å². The molecule has 0 saturated heterocycles. The molecule has 7 heteroatoms. The van der Waals surface area contributed by atoms with Gasteiger partial charge >= 0.3 is 0 Å². The summed E-state index contributed by atoms with van der Waals surface area (Å²) in [7, 11) is 0. The third kappa shape index (κ3) is 4.76. The average Bonchev–Trinajstić information content (AvgIpc) is 2.63. The van der Waals surface area contributed by atoms with Gasteiger partial charge in [0.1, 0.15) is 0 Å². The molecule has 2 aromatic carbocycles. The van der Waals surface area contributed by atoms with Crippen molar-refractivity contribution in [3.8, 4) is 5.75 Å². The van der Waals surface area contributed by atoms with Gasteiger partial charge in [0.2, 0.25) is 11.8 Å². The van der Waals surface area contributed by atoms with E-state index < -0.39 is 11.1 Å². The summed E-state index contributed by atoms with van der Waals surface area (Å²) < 4.78 is 18.7. The van der Waals surface area contributed by atoms with Gasteiger partial charge < -0.3 is 15.4 Å². The number of hydrogen-bond donors (Lipinski definition) is 2. The summed E-state index contributed by atoms with van der Waals surface area (Å²) in [5, 5.41) is 5.14. The fraction of sp³-hybridized carbons (Fsp3) is 0.263. The van der Waals surface area contributed by atoms with Crippen LogP contribution in [0, 0.1) is 5.82 Å². The molecule has 26 heavy (non-hydrogen) atoms. The van der Waals surface area contributed by atoms with Crippen LogP contribution in [-0.4, -0.2) is 30.2 Å². The molecule has 0 saturated carbocycles. The van der Waals surface area contributed by atoms with Gasteiger partial charge in [0.15, 0.2) is 11.6 Å². The quantitative estimate of drug-likeness (QED) is 0.731. The molecular weight excluding hydrogens is 355 g/mol. The van der Waals surface area contributed by atoms with Crippen LogP contribution in [0.2, 0.25) is 0 Å². The third-order valence-electron chi connectivity index (χ3n) is 3.81. The van der Waals surface area contributed by atoms with E-state index in [0.717, 1.165) is 10.6 Å². The topological polar surface area (TPSA) is 67.4 Å². The monoisotopic (exact) mass is 374 g/mol. The molecule has 0 aromatic heterocycles. The first-order chi connectivity index (χ1) is 12.6. The highest BCUT2D eigenvalue weighted by Crippen LogP contribution is 2.36. The number of rotatable bonds is 7. The molecule has 1 atom stereocenters. The number of nitrogens with one attached hydrogen (secondary N) is 2. The first kappa shape index (κ1) is 18.3. The van der Waals surface area contributed by atoms with Gasteiger partial charge in [0, 0.05) is 17.9 Å². The standard InChI is InChI=1S/C19H19FN2O3S/c20-13-6-1-3-8-15(13)25-11-5-10-21-18(23)12-17-19(24)22-14-7-2-4-9-16(14)26-17/h1-4,6-9,17H,5,10-12H2,(H,21,23)(H,22,24). The SMILES string of the molecule is O=C(CC1Sc2ccccc2NC1=O)NCCCOc1ccccc1F. The van der Waals surface area contributed by atoms with Gasteiger partial charge in [-0.25, -0.2) is 4.39 Å². The van der Waals surface area contributed by atoms with Crippen LogP contribution < -0.4 is 15.4 Å². The molecular formula is C19H19FN2O3S. The van der Waals surface area contributed by atoms with Crippen molar-refractivity contribution in [2.24, 2.45) is 0 Å². The zero-order chi connectivity index (χ0) is 18.4. The van der Waals surface area contributed by atoms with Crippen molar-refractivity contribution < 1.29 is 18.7 Å². The van der Waals surface area contributed by atoms with E-state index in [-0.39, 0.29) is 24.0 Å². The zero-order valence-electron chi connectivity index (χ0n) is 14.0. The van der Waals surface area contributed by atoms with E-state index in [0.29, 0.717) is 19.6 Å². The number of amides is 2. The van der Waals surface area contributed by atoms with Crippen molar-refractivity contribution in [3.05, 3.63) is 54.3 Å². The second-order valence-corrected chi connectivity index (χ2v) is 7.02. The Morgan fingerprint density at radius 3 is 2.81 bits per heavy atom. The Balaban J connectivity index is 1.38. The van der Waals surface area contributed by atoms with E-state index in [1.54, 1.807) is 18.2 Å². The van der Waals surface area contributed by atoms with Crippen molar-refractivity contribution in [2.75, 3.05) is 18.5 Å². The Labute approximate surface area is 155 Å². The van der Waals surface area contributed by atoms with Crippen LogP contribution in [-0.2, 0) is 9.59 Å². The van der Waals surface area contributed by atoms with E-state index in [4.69, 9.17) is 4.74 Å². The van der Waals surface area contributed by atoms with Crippen LogP contribution >= 0.6 is 11.8 Å². The molecule has 2 amide bonds. The van der Waals surface area contributed by atoms with E-state index >= 15 is 0 Å². The molecule has 2 N–H and O–H groups in total. The Morgan fingerprint density at radius 2 is 1.96 bits per heavy atom.